The van der Waals surface area contributed by atoms with E-state index < -0.39 is 12.0 Å². The molecule has 0 saturated heterocycles. The Morgan fingerprint density at radius 3 is 2.08 bits per heavy atom. The van der Waals surface area contributed by atoms with Gasteiger partial charge in [-0.25, -0.2) is 4.99 Å². The van der Waals surface area contributed by atoms with Gasteiger partial charge in [-0.3, -0.25) is 0 Å². The number of nitrogens with one attached hydrogen (secondary N) is 1. The Morgan fingerprint density at radius 2 is 1.58 bits per heavy atom. The molecule has 4 nitrogen and oxygen atoms in total. The molecule has 0 atom stereocenters. The molecule has 0 fully saturated rings. The van der Waals surface area contributed by atoms with E-state index in [2.05, 4.69) is 10.3 Å². The summed E-state index contributed by atoms with van der Waals surface area (Å²) in [6, 6.07) is 10.2. The summed E-state index contributed by atoms with van der Waals surface area (Å²) >= 11 is 5.95. The first-order valence-electron chi connectivity index (χ1n) is 6.74. The van der Waals surface area contributed by atoms with Crippen LogP contribution in [0, 0.1) is 0 Å². The topological polar surface area (TPSA) is 42.8 Å². The second-order valence-electron chi connectivity index (χ2n) is 4.63. The van der Waals surface area contributed by atoms with Gasteiger partial charge in [0.2, 0.25) is 5.84 Å². The lowest BCUT2D eigenvalue weighted by Gasteiger charge is -2.14. The van der Waals surface area contributed by atoms with Crippen molar-refractivity contribution in [3.8, 4) is 11.5 Å². The van der Waals surface area contributed by atoms with E-state index in [1.807, 2.05) is 0 Å². The van der Waals surface area contributed by atoms with Crippen LogP contribution in [0.4, 0.5) is 24.5 Å². The molecule has 0 saturated carbocycles. The number of halogens is 4. The second kappa shape index (κ2) is 7.44. The number of ether oxygens (including phenoxy) is 2. The number of methoxy groups -OCH3 is 2. The fourth-order valence-electron chi connectivity index (χ4n) is 1.80. The van der Waals surface area contributed by atoms with Crippen LogP contribution < -0.4 is 14.8 Å². The van der Waals surface area contributed by atoms with Gasteiger partial charge in [-0.05, 0) is 36.4 Å². The zero-order chi connectivity index (χ0) is 17.7. The van der Waals surface area contributed by atoms with Gasteiger partial charge in [0.25, 0.3) is 0 Å². The minimum atomic E-state index is -4.68. The maximum Gasteiger partial charge on any atom is 0.449 e. The highest BCUT2D eigenvalue weighted by molar-refractivity contribution is 6.33. The number of hydrogen-bond acceptors (Lipinski definition) is 3. The minimum Gasteiger partial charge on any atom is -0.497 e. The molecule has 2 aromatic carbocycles. The van der Waals surface area contributed by atoms with Crippen LogP contribution in [0.15, 0.2) is 47.5 Å². The smallest absolute Gasteiger partial charge is 0.449 e. The summed E-state index contributed by atoms with van der Waals surface area (Å²) in [5.74, 6) is -0.223. The van der Waals surface area contributed by atoms with Crippen LogP contribution in [-0.4, -0.2) is 26.2 Å². The van der Waals surface area contributed by atoms with Crippen LogP contribution in [-0.2, 0) is 0 Å². The lowest BCUT2D eigenvalue weighted by Crippen LogP contribution is -2.30. The van der Waals surface area contributed by atoms with Crippen molar-refractivity contribution < 1.29 is 22.6 Å². The van der Waals surface area contributed by atoms with Gasteiger partial charge in [0.1, 0.15) is 11.5 Å². The highest BCUT2D eigenvalue weighted by Gasteiger charge is 2.36. The Kier molecular flexibility index (Phi) is 5.56. The first-order chi connectivity index (χ1) is 11.3. The maximum absolute atomic E-state index is 13.2. The Balaban J connectivity index is 2.34. The standard InChI is InChI=1S/C16H14ClF3N2O2/c1-23-11-5-3-10(4-6-11)21-15(16(18,19)20)22-14-8-7-12(24-2)9-13(14)17/h3-9H,1-2H3,(H,21,22). The third kappa shape index (κ3) is 4.55. The Hall–Kier alpha value is -2.41. The Morgan fingerprint density at radius 1 is 1.00 bits per heavy atom. The van der Waals surface area contributed by atoms with E-state index in [4.69, 9.17) is 21.1 Å². The van der Waals surface area contributed by atoms with Gasteiger partial charge in [-0.1, -0.05) is 11.6 Å². The van der Waals surface area contributed by atoms with E-state index in [1.54, 1.807) is 0 Å². The summed E-state index contributed by atoms with van der Waals surface area (Å²) in [6.45, 7) is 0. The van der Waals surface area contributed by atoms with E-state index >= 15 is 0 Å². The molecule has 24 heavy (non-hydrogen) atoms. The van der Waals surface area contributed by atoms with Crippen LogP contribution in [0.2, 0.25) is 5.02 Å². The monoisotopic (exact) mass is 358 g/mol. The van der Waals surface area contributed by atoms with E-state index in [0.29, 0.717) is 11.5 Å². The molecule has 0 aliphatic carbocycles. The first-order valence-corrected chi connectivity index (χ1v) is 7.12. The third-order valence-electron chi connectivity index (χ3n) is 3.01. The predicted octanol–water partition coefficient (Wildman–Crippen LogP) is 5.06. The van der Waals surface area contributed by atoms with Crippen molar-refractivity contribution in [2.24, 2.45) is 4.99 Å². The largest absolute Gasteiger partial charge is 0.497 e. The minimum absolute atomic E-state index is 0.0224. The Labute approximate surface area is 141 Å². The molecule has 0 amide bonds. The number of nitrogens with zero attached hydrogens (tertiary/aromatic N) is 1. The maximum atomic E-state index is 13.2. The molecule has 8 heteroatoms. The van der Waals surface area contributed by atoms with Crippen molar-refractivity contribution >= 4 is 28.8 Å². The van der Waals surface area contributed by atoms with Crippen molar-refractivity contribution in [1.82, 2.24) is 0 Å². The SMILES string of the molecule is COc1ccc(NC(=Nc2ccc(OC)cc2Cl)C(F)(F)F)cc1. The lowest BCUT2D eigenvalue weighted by molar-refractivity contribution is -0.0586. The molecule has 0 bridgehead atoms. The van der Waals surface area contributed by atoms with Crippen LogP contribution in [0.25, 0.3) is 0 Å². The molecule has 0 unspecified atom stereocenters. The lowest BCUT2D eigenvalue weighted by atomic mass is 10.3. The number of anilines is 1. The number of aliphatic imine (C=N–C) groups is 1. The van der Waals surface area contributed by atoms with Crippen molar-refractivity contribution in [3.05, 3.63) is 47.5 Å². The van der Waals surface area contributed by atoms with Gasteiger partial charge in [0.15, 0.2) is 0 Å². The van der Waals surface area contributed by atoms with Crippen molar-refractivity contribution in [2.45, 2.75) is 6.18 Å². The van der Waals surface area contributed by atoms with Gasteiger partial charge >= 0.3 is 6.18 Å². The van der Waals surface area contributed by atoms with Gasteiger partial charge in [-0.2, -0.15) is 13.2 Å². The van der Waals surface area contributed by atoms with Crippen LogP contribution in [0.5, 0.6) is 11.5 Å². The van der Waals surface area contributed by atoms with Crippen molar-refractivity contribution in [2.75, 3.05) is 19.5 Å². The summed E-state index contributed by atoms with van der Waals surface area (Å²) in [5.41, 5.74) is 0.197. The molecule has 1 N–H and O–H groups in total. The summed E-state index contributed by atoms with van der Waals surface area (Å²) < 4.78 is 49.6. The molecule has 0 spiro atoms. The summed E-state index contributed by atoms with van der Waals surface area (Å²) in [6.07, 6.45) is -4.68. The number of benzene rings is 2. The predicted molar refractivity (Wildman–Crippen MR) is 87.8 cm³/mol. The van der Waals surface area contributed by atoms with Crippen molar-refractivity contribution in [3.63, 3.8) is 0 Å². The molecule has 0 aromatic heterocycles. The Bertz CT molecular complexity index is 731. The summed E-state index contributed by atoms with van der Waals surface area (Å²) in [4.78, 5) is 3.60. The number of rotatable bonds is 4. The normalized spacial score (nSPS) is 12.0. The van der Waals surface area contributed by atoms with E-state index in [1.165, 1.54) is 56.7 Å². The fraction of sp³-hybridized carbons (Fsp3) is 0.188. The molecular weight excluding hydrogens is 345 g/mol. The zero-order valence-electron chi connectivity index (χ0n) is 12.8. The van der Waals surface area contributed by atoms with Crippen LogP contribution in [0.3, 0.4) is 0 Å². The van der Waals surface area contributed by atoms with E-state index in [-0.39, 0.29) is 16.4 Å². The fourth-order valence-corrected chi connectivity index (χ4v) is 2.01. The molecule has 2 aromatic rings. The summed E-state index contributed by atoms with van der Waals surface area (Å²) in [7, 11) is 2.90. The molecule has 0 heterocycles. The molecule has 0 aliphatic heterocycles. The quantitative estimate of drug-likeness (QED) is 0.613. The molecule has 0 radical (unpaired) electrons. The van der Waals surface area contributed by atoms with Gasteiger partial charge in [0.05, 0.1) is 24.9 Å². The second-order valence-corrected chi connectivity index (χ2v) is 5.04. The molecular formula is C16H14ClF3N2O2. The van der Waals surface area contributed by atoms with Crippen LogP contribution in [0.1, 0.15) is 0 Å². The van der Waals surface area contributed by atoms with Crippen molar-refractivity contribution in [1.29, 1.82) is 0 Å². The van der Waals surface area contributed by atoms with E-state index in [0.717, 1.165) is 0 Å². The highest BCUT2D eigenvalue weighted by atomic mass is 35.5. The molecule has 128 valence electrons. The molecule has 0 aliphatic rings. The summed E-state index contributed by atoms with van der Waals surface area (Å²) in [5, 5.41) is 2.30. The van der Waals surface area contributed by atoms with Gasteiger partial charge in [-0.15, -0.1) is 0 Å². The molecule has 2 rings (SSSR count). The average Bonchev–Trinajstić information content (AvgIpc) is 2.55. The first kappa shape index (κ1) is 17.9. The third-order valence-corrected chi connectivity index (χ3v) is 3.31. The van der Waals surface area contributed by atoms with E-state index in [9.17, 15) is 13.2 Å². The van der Waals surface area contributed by atoms with Crippen LogP contribution >= 0.6 is 11.6 Å². The number of alkyl halides is 3. The number of amidine groups is 1. The number of hydrogen-bond donors (Lipinski definition) is 1. The zero-order valence-corrected chi connectivity index (χ0v) is 13.6. The van der Waals surface area contributed by atoms with Gasteiger partial charge < -0.3 is 14.8 Å². The average molecular weight is 359 g/mol. The van der Waals surface area contributed by atoms with Gasteiger partial charge in [0, 0.05) is 11.8 Å². The highest BCUT2D eigenvalue weighted by Crippen LogP contribution is 2.31.